The normalized spacial score (nSPS) is 30.9. The average Bonchev–Trinajstić information content (AvgIpc) is 2.12. The van der Waals surface area contributed by atoms with Crippen LogP contribution in [0.1, 0.15) is 19.8 Å². The van der Waals surface area contributed by atoms with E-state index in [9.17, 15) is 9.90 Å². The lowest BCUT2D eigenvalue weighted by molar-refractivity contribution is -0.159. The molecular weight excluding hydrogens is 186 g/mol. The van der Waals surface area contributed by atoms with Gasteiger partial charge in [0, 0.05) is 14.0 Å². The maximum absolute atomic E-state index is 10.9. The number of hydrogen-bond acceptors (Lipinski definition) is 4. The summed E-state index contributed by atoms with van der Waals surface area (Å²) in [6, 6.07) is 0. The van der Waals surface area contributed by atoms with Gasteiger partial charge in [0.15, 0.2) is 0 Å². The molecule has 1 aliphatic carbocycles. The topological polar surface area (TPSA) is 67.8 Å². The van der Waals surface area contributed by atoms with Gasteiger partial charge < -0.3 is 19.9 Å². The van der Waals surface area contributed by atoms with Crippen LogP contribution in [0.2, 0.25) is 0 Å². The molecule has 0 saturated heterocycles. The zero-order valence-corrected chi connectivity index (χ0v) is 8.58. The van der Waals surface area contributed by atoms with E-state index in [0.717, 1.165) is 12.8 Å². The lowest BCUT2D eigenvalue weighted by Gasteiger charge is -2.47. The number of aliphatic hydroxyl groups excluding tert-OH is 1. The van der Waals surface area contributed by atoms with E-state index in [1.807, 2.05) is 0 Å². The molecule has 0 aromatic rings. The van der Waals surface area contributed by atoms with Crippen LogP contribution in [0.4, 0.5) is 0 Å². The molecule has 0 aromatic carbocycles. The molecule has 1 rings (SSSR count). The fourth-order valence-corrected chi connectivity index (χ4v) is 1.72. The summed E-state index contributed by atoms with van der Waals surface area (Å²) in [6.45, 7) is 1.52. The van der Waals surface area contributed by atoms with Gasteiger partial charge in [-0.15, -0.1) is 0 Å². The Labute approximate surface area is 83.4 Å². The molecule has 2 atom stereocenters. The number of aliphatic hydroxyl groups is 1. The van der Waals surface area contributed by atoms with Crippen LogP contribution < -0.4 is 5.32 Å². The van der Waals surface area contributed by atoms with Crippen molar-refractivity contribution in [1.82, 2.24) is 5.32 Å². The summed E-state index contributed by atoms with van der Waals surface area (Å²) in [6.07, 6.45) is 1.44. The van der Waals surface area contributed by atoms with E-state index in [2.05, 4.69) is 5.32 Å². The number of carbonyl (C=O) groups is 1. The van der Waals surface area contributed by atoms with Crippen LogP contribution in [0.25, 0.3) is 0 Å². The van der Waals surface area contributed by atoms with Crippen molar-refractivity contribution >= 4 is 5.91 Å². The highest BCUT2D eigenvalue weighted by molar-refractivity contribution is 5.74. The van der Waals surface area contributed by atoms with Crippen LogP contribution in [0.3, 0.4) is 0 Å². The number of ether oxygens (including phenoxy) is 2. The van der Waals surface area contributed by atoms with Gasteiger partial charge in [0.25, 0.3) is 0 Å². The van der Waals surface area contributed by atoms with Gasteiger partial charge >= 0.3 is 0 Å². The number of hydrogen-bond donors (Lipinski definition) is 2. The second-order valence-corrected chi connectivity index (χ2v) is 3.60. The second kappa shape index (κ2) is 4.72. The van der Waals surface area contributed by atoms with E-state index >= 15 is 0 Å². The van der Waals surface area contributed by atoms with Crippen molar-refractivity contribution in [1.29, 1.82) is 0 Å². The van der Waals surface area contributed by atoms with Gasteiger partial charge in [-0.25, -0.2) is 0 Å². The van der Waals surface area contributed by atoms with Crippen LogP contribution >= 0.6 is 0 Å². The van der Waals surface area contributed by atoms with Crippen molar-refractivity contribution in [3.8, 4) is 0 Å². The van der Waals surface area contributed by atoms with E-state index in [4.69, 9.17) is 9.47 Å². The Balaban J connectivity index is 2.48. The van der Waals surface area contributed by atoms with Gasteiger partial charge in [-0.3, -0.25) is 4.79 Å². The first-order chi connectivity index (χ1) is 6.64. The van der Waals surface area contributed by atoms with Crippen molar-refractivity contribution in [2.24, 2.45) is 0 Å². The van der Waals surface area contributed by atoms with Crippen molar-refractivity contribution in [3.63, 3.8) is 0 Å². The number of carbonyl (C=O) groups excluding carboxylic acids is 1. The molecule has 1 fully saturated rings. The summed E-state index contributed by atoms with van der Waals surface area (Å²) in [7, 11) is 1.54. The molecule has 5 heteroatoms. The minimum Gasteiger partial charge on any atom is -0.394 e. The molecule has 2 N–H and O–H groups in total. The van der Waals surface area contributed by atoms with E-state index < -0.39 is 5.54 Å². The molecule has 1 saturated carbocycles. The summed E-state index contributed by atoms with van der Waals surface area (Å²) in [4.78, 5) is 10.9. The lowest BCUT2D eigenvalue weighted by atomic mass is 9.74. The maximum atomic E-state index is 10.9. The molecule has 0 aliphatic heterocycles. The molecule has 14 heavy (non-hydrogen) atoms. The van der Waals surface area contributed by atoms with E-state index in [-0.39, 0.29) is 25.4 Å². The molecule has 0 unspecified atom stereocenters. The summed E-state index contributed by atoms with van der Waals surface area (Å²) >= 11 is 0. The molecule has 1 amide bonds. The summed E-state index contributed by atoms with van der Waals surface area (Å²) in [5, 5.41) is 12.0. The second-order valence-electron chi connectivity index (χ2n) is 3.60. The Morgan fingerprint density at radius 1 is 1.71 bits per heavy atom. The Morgan fingerprint density at radius 3 is 2.79 bits per heavy atom. The van der Waals surface area contributed by atoms with Crippen LogP contribution in [-0.4, -0.2) is 43.2 Å². The van der Waals surface area contributed by atoms with Crippen molar-refractivity contribution in [2.75, 3.05) is 20.5 Å². The number of methoxy groups -OCH3 is 1. The quantitative estimate of drug-likeness (QED) is 0.599. The third-order valence-electron chi connectivity index (χ3n) is 2.56. The van der Waals surface area contributed by atoms with E-state index in [1.165, 1.54) is 14.0 Å². The Morgan fingerprint density at radius 2 is 2.43 bits per heavy atom. The smallest absolute Gasteiger partial charge is 0.217 e. The molecule has 0 heterocycles. The number of rotatable bonds is 5. The molecule has 5 nitrogen and oxygen atoms in total. The Hall–Kier alpha value is -0.650. The zero-order chi connectivity index (χ0) is 10.6. The molecule has 0 spiro atoms. The molecule has 82 valence electrons. The van der Waals surface area contributed by atoms with E-state index in [0.29, 0.717) is 0 Å². The average molecular weight is 203 g/mol. The SMILES string of the molecule is COCO[C@H]1CC[C@@]1(CO)NC(C)=O. The largest absolute Gasteiger partial charge is 0.394 e. The first-order valence-electron chi connectivity index (χ1n) is 4.65. The molecular formula is C9H17NO4. The van der Waals surface area contributed by atoms with Gasteiger partial charge in [-0.2, -0.15) is 0 Å². The number of amides is 1. The molecule has 0 aromatic heterocycles. The predicted octanol–water partition coefficient (Wildman–Crippen LogP) is -0.364. The molecule has 0 radical (unpaired) electrons. The van der Waals surface area contributed by atoms with Gasteiger partial charge in [0.05, 0.1) is 18.2 Å². The van der Waals surface area contributed by atoms with Crippen LogP contribution in [0.5, 0.6) is 0 Å². The first-order valence-corrected chi connectivity index (χ1v) is 4.65. The van der Waals surface area contributed by atoms with Gasteiger partial charge in [0.2, 0.25) is 5.91 Å². The summed E-state index contributed by atoms with van der Waals surface area (Å²) in [5.41, 5.74) is -0.593. The highest BCUT2D eigenvalue weighted by Crippen LogP contribution is 2.34. The summed E-state index contributed by atoms with van der Waals surface area (Å²) < 4.78 is 10.1. The van der Waals surface area contributed by atoms with Crippen molar-refractivity contribution < 1.29 is 19.4 Å². The first kappa shape index (κ1) is 11.4. The third-order valence-corrected chi connectivity index (χ3v) is 2.56. The van der Waals surface area contributed by atoms with Crippen molar-refractivity contribution in [3.05, 3.63) is 0 Å². The summed E-state index contributed by atoms with van der Waals surface area (Å²) in [5.74, 6) is -0.148. The lowest BCUT2D eigenvalue weighted by Crippen LogP contribution is -2.66. The highest BCUT2D eigenvalue weighted by Gasteiger charge is 2.48. The minimum atomic E-state index is -0.593. The maximum Gasteiger partial charge on any atom is 0.217 e. The minimum absolute atomic E-state index is 0.0963. The highest BCUT2D eigenvalue weighted by atomic mass is 16.7. The van der Waals surface area contributed by atoms with Crippen LogP contribution in [0.15, 0.2) is 0 Å². The fourth-order valence-electron chi connectivity index (χ4n) is 1.72. The molecule has 0 bridgehead atoms. The monoisotopic (exact) mass is 203 g/mol. The number of nitrogens with one attached hydrogen (secondary N) is 1. The molecule has 1 aliphatic rings. The van der Waals surface area contributed by atoms with Gasteiger partial charge in [0.1, 0.15) is 6.79 Å². The standard InChI is InChI=1S/C9H17NO4/c1-7(12)10-9(5-11)4-3-8(9)14-6-13-2/h8,11H,3-6H2,1-2H3,(H,10,12)/t8-,9-/m0/s1. The zero-order valence-electron chi connectivity index (χ0n) is 8.58. The van der Waals surface area contributed by atoms with E-state index in [1.54, 1.807) is 0 Å². The third kappa shape index (κ3) is 2.23. The van der Waals surface area contributed by atoms with Crippen molar-refractivity contribution in [2.45, 2.75) is 31.4 Å². The van der Waals surface area contributed by atoms with Gasteiger partial charge in [-0.05, 0) is 12.8 Å². The van der Waals surface area contributed by atoms with Crippen LogP contribution in [0, 0.1) is 0 Å². The Bertz CT molecular complexity index is 205. The van der Waals surface area contributed by atoms with Crippen LogP contribution in [-0.2, 0) is 14.3 Å². The van der Waals surface area contributed by atoms with Gasteiger partial charge in [-0.1, -0.05) is 0 Å². The fraction of sp³-hybridized carbons (Fsp3) is 0.889. The Kier molecular flexibility index (Phi) is 3.86. The predicted molar refractivity (Wildman–Crippen MR) is 49.6 cm³/mol.